The molecule has 1 atom stereocenters. The fourth-order valence-corrected chi connectivity index (χ4v) is 3.27. The summed E-state index contributed by atoms with van der Waals surface area (Å²) in [5, 5.41) is 0.976. The molecule has 1 unspecified atom stereocenters. The third kappa shape index (κ3) is 4.87. The molecule has 0 spiro atoms. The average molecular weight is 344 g/mol. The first kappa shape index (κ1) is 17.6. The quantitative estimate of drug-likeness (QED) is 0.736. The molecule has 0 amide bonds. The summed E-state index contributed by atoms with van der Waals surface area (Å²) in [5.74, 6) is -0.503. The van der Waals surface area contributed by atoms with Crippen LogP contribution >= 0.6 is 23.2 Å². The van der Waals surface area contributed by atoms with Gasteiger partial charge in [-0.1, -0.05) is 42.1 Å². The Morgan fingerprint density at radius 3 is 2.45 bits per heavy atom. The molecule has 0 saturated carbocycles. The van der Waals surface area contributed by atoms with Crippen LogP contribution in [-0.2, 0) is 9.53 Å². The van der Waals surface area contributed by atoms with Gasteiger partial charge < -0.3 is 9.64 Å². The maximum absolute atomic E-state index is 12.1. The summed E-state index contributed by atoms with van der Waals surface area (Å²) in [6.07, 6.45) is 5.85. The second-order valence-electron chi connectivity index (χ2n) is 5.79. The van der Waals surface area contributed by atoms with E-state index in [0.717, 1.165) is 31.6 Å². The van der Waals surface area contributed by atoms with E-state index in [4.69, 9.17) is 27.9 Å². The van der Waals surface area contributed by atoms with Crippen molar-refractivity contribution in [3.63, 3.8) is 0 Å². The van der Waals surface area contributed by atoms with Gasteiger partial charge in [-0.15, -0.1) is 0 Å². The maximum Gasteiger partial charge on any atom is 0.313 e. The van der Waals surface area contributed by atoms with Crippen molar-refractivity contribution in [2.75, 3.05) is 26.7 Å². The molecule has 0 radical (unpaired) electrons. The standard InChI is InChI=1S/C17H23Cl2NO2/c1-22-17(21)14(13-6-7-15(18)16(19)12-13)8-11-20-9-4-2-3-5-10-20/h6-7,12,14H,2-5,8-11H2,1H3. The van der Waals surface area contributed by atoms with Gasteiger partial charge in [-0.2, -0.15) is 0 Å². The van der Waals surface area contributed by atoms with Gasteiger partial charge in [0.2, 0.25) is 0 Å². The van der Waals surface area contributed by atoms with Crippen molar-refractivity contribution in [3.8, 4) is 0 Å². The summed E-state index contributed by atoms with van der Waals surface area (Å²) in [7, 11) is 1.43. The topological polar surface area (TPSA) is 29.5 Å². The number of nitrogens with zero attached hydrogens (tertiary/aromatic N) is 1. The zero-order chi connectivity index (χ0) is 15.9. The lowest BCUT2D eigenvalue weighted by Crippen LogP contribution is -2.28. The largest absolute Gasteiger partial charge is 0.469 e. The van der Waals surface area contributed by atoms with E-state index < -0.39 is 0 Å². The SMILES string of the molecule is COC(=O)C(CCN1CCCCCC1)c1ccc(Cl)c(Cl)c1. The minimum absolute atomic E-state index is 0.215. The van der Waals surface area contributed by atoms with E-state index in [2.05, 4.69) is 4.90 Å². The van der Waals surface area contributed by atoms with Gasteiger partial charge in [-0.05, 0) is 56.6 Å². The van der Waals surface area contributed by atoms with Crippen molar-refractivity contribution in [1.82, 2.24) is 4.90 Å². The van der Waals surface area contributed by atoms with Crippen LogP contribution in [0, 0.1) is 0 Å². The highest BCUT2D eigenvalue weighted by Crippen LogP contribution is 2.29. The molecule has 3 nitrogen and oxygen atoms in total. The first-order valence-corrected chi connectivity index (χ1v) is 8.62. The van der Waals surface area contributed by atoms with E-state index in [0.29, 0.717) is 10.0 Å². The molecule has 1 fully saturated rings. The normalized spacial score (nSPS) is 17.8. The highest BCUT2D eigenvalue weighted by atomic mass is 35.5. The van der Waals surface area contributed by atoms with Gasteiger partial charge in [0, 0.05) is 0 Å². The summed E-state index contributed by atoms with van der Waals surface area (Å²) in [6, 6.07) is 5.37. The number of methoxy groups -OCH3 is 1. The maximum atomic E-state index is 12.1. The van der Waals surface area contributed by atoms with Crippen LogP contribution in [0.1, 0.15) is 43.6 Å². The Kier molecular flexibility index (Phi) is 7.00. The van der Waals surface area contributed by atoms with Gasteiger partial charge in [0.1, 0.15) is 0 Å². The number of hydrogen-bond acceptors (Lipinski definition) is 3. The minimum Gasteiger partial charge on any atom is -0.469 e. The fourth-order valence-electron chi connectivity index (χ4n) is 2.96. The van der Waals surface area contributed by atoms with Gasteiger partial charge in [0.25, 0.3) is 0 Å². The number of ether oxygens (including phenoxy) is 1. The Morgan fingerprint density at radius 2 is 1.86 bits per heavy atom. The molecule has 5 heteroatoms. The Hall–Kier alpha value is -0.770. The van der Waals surface area contributed by atoms with Crippen molar-refractivity contribution >= 4 is 29.2 Å². The van der Waals surface area contributed by atoms with Crippen molar-refractivity contribution in [1.29, 1.82) is 0 Å². The number of hydrogen-bond donors (Lipinski definition) is 0. The van der Waals surface area contributed by atoms with Crippen LogP contribution < -0.4 is 0 Å². The predicted octanol–water partition coefficient (Wildman–Crippen LogP) is 4.52. The van der Waals surface area contributed by atoms with Crippen molar-refractivity contribution < 1.29 is 9.53 Å². The van der Waals surface area contributed by atoms with Gasteiger partial charge in [-0.25, -0.2) is 0 Å². The van der Waals surface area contributed by atoms with Crippen LogP contribution in [-0.4, -0.2) is 37.6 Å². The van der Waals surface area contributed by atoms with Crippen LogP contribution in [0.15, 0.2) is 18.2 Å². The van der Waals surface area contributed by atoms with Crippen LogP contribution in [0.3, 0.4) is 0 Å². The summed E-state index contributed by atoms with van der Waals surface area (Å²) >= 11 is 12.0. The molecule has 1 aromatic rings. The number of carbonyl (C=O) groups excluding carboxylic acids is 1. The van der Waals surface area contributed by atoms with E-state index in [9.17, 15) is 4.79 Å². The van der Waals surface area contributed by atoms with Gasteiger partial charge in [-0.3, -0.25) is 4.79 Å². The fraction of sp³-hybridized carbons (Fsp3) is 0.588. The van der Waals surface area contributed by atoms with Gasteiger partial charge in [0.15, 0.2) is 0 Å². The first-order valence-electron chi connectivity index (χ1n) is 7.87. The molecule has 2 rings (SSSR count). The number of carbonyl (C=O) groups is 1. The van der Waals surface area contributed by atoms with E-state index >= 15 is 0 Å². The summed E-state index contributed by atoms with van der Waals surface area (Å²) in [5.41, 5.74) is 0.871. The lowest BCUT2D eigenvalue weighted by Gasteiger charge is -2.23. The zero-order valence-corrected chi connectivity index (χ0v) is 14.5. The Morgan fingerprint density at radius 1 is 1.18 bits per heavy atom. The first-order chi connectivity index (χ1) is 10.6. The van der Waals surface area contributed by atoms with Gasteiger partial charge in [0.05, 0.1) is 23.1 Å². The molecule has 1 saturated heterocycles. The lowest BCUT2D eigenvalue weighted by atomic mass is 9.95. The molecule has 0 bridgehead atoms. The van der Waals surface area contributed by atoms with E-state index in [1.54, 1.807) is 12.1 Å². The minimum atomic E-state index is -0.289. The van der Waals surface area contributed by atoms with Crippen molar-refractivity contribution in [3.05, 3.63) is 33.8 Å². The van der Waals surface area contributed by atoms with Crippen LogP contribution in [0.25, 0.3) is 0 Å². The second kappa shape index (κ2) is 8.76. The van der Waals surface area contributed by atoms with Crippen molar-refractivity contribution in [2.24, 2.45) is 0 Å². The third-order valence-corrected chi connectivity index (χ3v) is 5.00. The van der Waals surface area contributed by atoms with Crippen LogP contribution in [0.2, 0.25) is 10.0 Å². The molecule has 1 aromatic carbocycles. The summed E-state index contributed by atoms with van der Waals surface area (Å²) in [6.45, 7) is 3.14. The Labute approximate surface area is 142 Å². The van der Waals surface area contributed by atoms with Crippen LogP contribution in [0.4, 0.5) is 0 Å². The Bertz CT molecular complexity index is 499. The summed E-state index contributed by atoms with van der Waals surface area (Å²) < 4.78 is 4.97. The number of benzene rings is 1. The average Bonchev–Trinajstić information content (AvgIpc) is 2.79. The predicted molar refractivity (Wildman–Crippen MR) is 90.7 cm³/mol. The van der Waals surface area contributed by atoms with Gasteiger partial charge >= 0.3 is 5.97 Å². The molecule has 122 valence electrons. The lowest BCUT2D eigenvalue weighted by molar-refractivity contribution is -0.142. The van der Waals surface area contributed by atoms with E-state index in [1.165, 1.54) is 32.8 Å². The molecule has 22 heavy (non-hydrogen) atoms. The molecule has 0 N–H and O–H groups in total. The van der Waals surface area contributed by atoms with Crippen molar-refractivity contribution in [2.45, 2.75) is 38.0 Å². The zero-order valence-electron chi connectivity index (χ0n) is 13.0. The molecular weight excluding hydrogens is 321 g/mol. The highest BCUT2D eigenvalue weighted by molar-refractivity contribution is 6.42. The smallest absolute Gasteiger partial charge is 0.313 e. The second-order valence-corrected chi connectivity index (χ2v) is 6.61. The number of likely N-dealkylation sites (tertiary alicyclic amines) is 1. The molecule has 1 heterocycles. The molecule has 0 aliphatic carbocycles. The number of esters is 1. The third-order valence-electron chi connectivity index (χ3n) is 4.26. The monoisotopic (exact) mass is 343 g/mol. The number of halogens is 2. The molecule has 1 aliphatic rings. The van der Waals surface area contributed by atoms with E-state index in [1.807, 2.05) is 6.07 Å². The molecule has 1 aliphatic heterocycles. The highest BCUT2D eigenvalue weighted by Gasteiger charge is 2.23. The molecular formula is C17H23Cl2NO2. The number of rotatable bonds is 5. The van der Waals surface area contributed by atoms with E-state index in [-0.39, 0.29) is 11.9 Å². The Balaban J connectivity index is 2.05. The summed E-state index contributed by atoms with van der Waals surface area (Å²) in [4.78, 5) is 14.6. The van der Waals surface area contributed by atoms with Crippen LogP contribution in [0.5, 0.6) is 0 Å². The molecule has 0 aromatic heterocycles.